The van der Waals surface area contributed by atoms with Gasteiger partial charge in [0.2, 0.25) is 0 Å². The molecule has 0 saturated carbocycles. The Morgan fingerprint density at radius 2 is 1.56 bits per heavy atom. The fraction of sp³-hybridized carbons (Fsp3) is 0.467. The number of unbranched alkanes of at least 4 members (excludes halogenated alkanes) is 2. The summed E-state index contributed by atoms with van der Waals surface area (Å²) in [4.78, 5) is 0. The molecule has 178 valence electrons. The van der Waals surface area contributed by atoms with Gasteiger partial charge in [-0.3, -0.25) is 0 Å². The van der Waals surface area contributed by atoms with Gasteiger partial charge in [-0.25, -0.2) is 0 Å². The van der Waals surface area contributed by atoms with Crippen molar-refractivity contribution >= 4 is 23.4 Å². The van der Waals surface area contributed by atoms with Crippen LogP contribution in [0.25, 0.3) is 6.08 Å². The molecule has 1 nitrogen and oxygen atoms in total. The second-order valence-electron chi connectivity index (χ2n) is 7.76. The third kappa shape index (κ3) is 12.7. The minimum Gasteiger partial charge on any atom is -0.316 e. The zero-order valence-corrected chi connectivity index (χ0v) is 22.4. The molecule has 0 radical (unpaired) electrons. The van der Waals surface area contributed by atoms with Crippen molar-refractivity contribution in [3.63, 3.8) is 0 Å². The summed E-state index contributed by atoms with van der Waals surface area (Å²) in [6.45, 7) is 12.9. The Morgan fingerprint density at radius 3 is 2.09 bits per heavy atom. The van der Waals surface area contributed by atoms with Gasteiger partial charge >= 0.3 is 0 Å². The number of rotatable bonds is 9. The maximum absolute atomic E-state index is 6.34. The van der Waals surface area contributed by atoms with Crippen LogP contribution in [0.3, 0.4) is 0 Å². The van der Waals surface area contributed by atoms with E-state index in [9.17, 15) is 0 Å². The number of terminal acetylenes is 1. The third-order valence-corrected chi connectivity index (χ3v) is 5.22. The maximum Gasteiger partial charge on any atom is 0.133 e. The number of halogens is 1. The normalized spacial score (nSPS) is 11.7. The number of quaternary nitrogens is 1. The van der Waals surface area contributed by atoms with Crippen LogP contribution in [-0.4, -0.2) is 7.05 Å². The first-order valence-corrected chi connectivity index (χ1v) is 12.5. The summed E-state index contributed by atoms with van der Waals surface area (Å²) in [5.41, 5.74) is 4.03. The van der Waals surface area contributed by atoms with Crippen LogP contribution < -0.4 is 5.32 Å². The molecule has 0 aliphatic rings. The van der Waals surface area contributed by atoms with Crippen LogP contribution in [0.4, 0.5) is 5.69 Å². The SMILES string of the molecule is C#C.CC.CCC.CCCCCC(C)(C/C=C/c1ccccc1)c1cc(Cl)ccc1[NH2+]C. The zero-order chi connectivity index (χ0) is 24.8. The Labute approximate surface area is 204 Å². The Bertz CT molecular complexity index is 733. The smallest absolute Gasteiger partial charge is 0.133 e. The van der Waals surface area contributed by atoms with E-state index in [0.29, 0.717) is 0 Å². The quantitative estimate of drug-likeness (QED) is 0.220. The molecule has 2 heteroatoms. The molecule has 32 heavy (non-hydrogen) atoms. The molecule has 0 saturated heterocycles. The highest BCUT2D eigenvalue weighted by Crippen LogP contribution is 2.38. The van der Waals surface area contributed by atoms with E-state index in [1.54, 1.807) is 0 Å². The van der Waals surface area contributed by atoms with E-state index in [1.165, 1.54) is 48.9 Å². The summed E-state index contributed by atoms with van der Waals surface area (Å²) in [7, 11) is 2.11. The van der Waals surface area contributed by atoms with Gasteiger partial charge in [0.25, 0.3) is 0 Å². The van der Waals surface area contributed by atoms with Crippen molar-refractivity contribution < 1.29 is 5.32 Å². The van der Waals surface area contributed by atoms with Crippen LogP contribution in [0.2, 0.25) is 5.02 Å². The molecule has 2 aromatic carbocycles. The number of allylic oxidation sites excluding steroid dienone is 1. The van der Waals surface area contributed by atoms with Gasteiger partial charge in [-0.2, -0.15) is 0 Å². The second kappa shape index (κ2) is 20.9. The van der Waals surface area contributed by atoms with E-state index in [1.807, 2.05) is 19.9 Å². The Kier molecular flexibility index (Phi) is 21.0. The van der Waals surface area contributed by atoms with E-state index in [2.05, 4.69) is 108 Å². The monoisotopic (exact) mass is 456 g/mol. The van der Waals surface area contributed by atoms with E-state index in [0.717, 1.165) is 11.4 Å². The Balaban J connectivity index is 0. The molecule has 0 fully saturated rings. The fourth-order valence-corrected chi connectivity index (χ4v) is 3.61. The van der Waals surface area contributed by atoms with Crippen LogP contribution in [-0.2, 0) is 5.41 Å². The average molecular weight is 457 g/mol. The topological polar surface area (TPSA) is 16.6 Å². The fourth-order valence-electron chi connectivity index (χ4n) is 3.43. The van der Waals surface area contributed by atoms with Crippen molar-refractivity contribution in [1.29, 1.82) is 0 Å². The lowest BCUT2D eigenvalue weighted by Crippen LogP contribution is -2.73. The number of nitrogens with two attached hydrogens (primary N) is 1. The standard InChI is InChI=1S/C23H30ClN.C3H8.C2H6.C2H2/c1-4-5-9-16-23(2,17-10-13-19-11-7-6-8-12-19)21-18-20(24)14-15-22(21)25-3;1-3-2;2*1-2/h6-8,10-15,18,25H,4-5,9,16-17H2,1-3H3;3H2,1-2H3;1-2H3;1-2H/p+1/b13-10+;;;. The summed E-state index contributed by atoms with van der Waals surface area (Å²) < 4.78 is 0. The summed E-state index contributed by atoms with van der Waals surface area (Å²) in [5, 5.41) is 3.03. The maximum atomic E-state index is 6.34. The van der Waals surface area contributed by atoms with Gasteiger partial charge < -0.3 is 5.32 Å². The predicted octanol–water partition coefficient (Wildman–Crippen LogP) is 8.80. The van der Waals surface area contributed by atoms with Gasteiger partial charge in [0.1, 0.15) is 5.69 Å². The van der Waals surface area contributed by atoms with Crippen molar-refractivity contribution in [1.82, 2.24) is 0 Å². The molecule has 0 aromatic heterocycles. The Hall–Kier alpha value is -2.01. The lowest BCUT2D eigenvalue weighted by molar-refractivity contribution is -0.540. The first-order valence-electron chi connectivity index (χ1n) is 12.1. The molecule has 2 aromatic rings. The molecule has 0 aliphatic carbocycles. The summed E-state index contributed by atoms with van der Waals surface area (Å²) in [6, 6.07) is 16.8. The molecule has 0 heterocycles. The van der Waals surface area contributed by atoms with Gasteiger partial charge in [-0.05, 0) is 30.5 Å². The van der Waals surface area contributed by atoms with Gasteiger partial charge in [-0.1, -0.05) is 121 Å². The summed E-state index contributed by atoms with van der Waals surface area (Å²) in [5.74, 6) is 0. The molecular formula is C30H47ClN+. The van der Waals surface area contributed by atoms with Gasteiger partial charge in [0, 0.05) is 22.1 Å². The largest absolute Gasteiger partial charge is 0.316 e. The van der Waals surface area contributed by atoms with Crippen molar-refractivity contribution in [2.24, 2.45) is 0 Å². The summed E-state index contributed by atoms with van der Waals surface area (Å²) in [6.07, 6.45) is 19.8. The molecule has 0 aliphatic heterocycles. The van der Waals surface area contributed by atoms with Crippen LogP contribution in [0.15, 0.2) is 54.6 Å². The van der Waals surface area contributed by atoms with Crippen molar-refractivity contribution in [3.05, 3.63) is 70.8 Å². The lowest BCUT2D eigenvalue weighted by Gasteiger charge is -2.30. The van der Waals surface area contributed by atoms with E-state index >= 15 is 0 Å². The number of hydrogen-bond acceptors (Lipinski definition) is 0. The highest BCUT2D eigenvalue weighted by Gasteiger charge is 2.29. The highest BCUT2D eigenvalue weighted by atomic mass is 35.5. The van der Waals surface area contributed by atoms with E-state index in [-0.39, 0.29) is 5.41 Å². The first-order chi connectivity index (χ1) is 15.5. The predicted molar refractivity (Wildman–Crippen MR) is 148 cm³/mol. The van der Waals surface area contributed by atoms with Crippen molar-refractivity contribution in [2.75, 3.05) is 7.05 Å². The third-order valence-electron chi connectivity index (χ3n) is 4.99. The molecule has 2 N–H and O–H groups in total. The molecule has 2 rings (SSSR count). The zero-order valence-electron chi connectivity index (χ0n) is 21.6. The molecule has 0 spiro atoms. The molecule has 1 atom stereocenters. The summed E-state index contributed by atoms with van der Waals surface area (Å²) >= 11 is 6.34. The van der Waals surface area contributed by atoms with E-state index in [4.69, 9.17) is 11.6 Å². The average Bonchev–Trinajstić information content (AvgIpc) is 2.83. The van der Waals surface area contributed by atoms with E-state index < -0.39 is 0 Å². The number of benzene rings is 2. The van der Waals surface area contributed by atoms with Crippen LogP contribution in [0.1, 0.15) is 91.2 Å². The molecule has 0 amide bonds. The van der Waals surface area contributed by atoms with Crippen molar-refractivity contribution in [2.45, 2.75) is 85.5 Å². The van der Waals surface area contributed by atoms with Gasteiger partial charge in [0.15, 0.2) is 0 Å². The molecule has 1 unspecified atom stereocenters. The minimum atomic E-state index is 0.104. The Morgan fingerprint density at radius 1 is 0.969 bits per heavy atom. The molecule has 0 bridgehead atoms. The molecular weight excluding hydrogens is 410 g/mol. The lowest BCUT2D eigenvalue weighted by atomic mass is 9.74. The minimum absolute atomic E-state index is 0.104. The van der Waals surface area contributed by atoms with Crippen LogP contribution in [0, 0.1) is 12.8 Å². The van der Waals surface area contributed by atoms with Crippen molar-refractivity contribution in [3.8, 4) is 12.8 Å². The first kappa shape index (κ1) is 32.2. The number of hydrogen-bond donors (Lipinski definition) is 1. The van der Waals surface area contributed by atoms with Crippen LogP contribution >= 0.6 is 11.6 Å². The highest BCUT2D eigenvalue weighted by molar-refractivity contribution is 6.30. The van der Waals surface area contributed by atoms with Gasteiger partial charge in [-0.15, -0.1) is 12.8 Å². The second-order valence-corrected chi connectivity index (χ2v) is 8.20. The van der Waals surface area contributed by atoms with Crippen LogP contribution in [0.5, 0.6) is 0 Å². The van der Waals surface area contributed by atoms with Gasteiger partial charge in [0.05, 0.1) is 7.05 Å².